The Morgan fingerprint density at radius 2 is 1.66 bits per heavy atom. The van der Waals surface area contributed by atoms with Crippen LogP contribution in [0, 0.1) is 6.92 Å². The van der Waals surface area contributed by atoms with Gasteiger partial charge in [0.05, 0.1) is 0 Å². The van der Waals surface area contributed by atoms with Gasteiger partial charge in [0.1, 0.15) is 0 Å². The zero-order valence-electron chi connectivity index (χ0n) is 16.6. The van der Waals surface area contributed by atoms with Gasteiger partial charge in [0, 0.05) is 38.4 Å². The molecule has 0 aliphatic carbocycles. The Kier molecular flexibility index (Phi) is 5.70. The summed E-state index contributed by atoms with van der Waals surface area (Å²) in [6.07, 6.45) is 0. The van der Waals surface area contributed by atoms with Crippen LogP contribution in [0.3, 0.4) is 0 Å². The lowest BCUT2D eigenvalue weighted by Crippen LogP contribution is -2.47. The molecule has 1 saturated heterocycles. The molecule has 6 heteroatoms. The van der Waals surface area contributed by atoms with E-state index in [0.717, 1.165) is 37.6 Å². The van der Waals surface area contributed by atoms with Crippen LogP contribution in [0.1, 0.15) is 21.6 Å². The van der Waals surface area contributed by atoms with Gasteiger partial charge in [0.25, 0.3) is 5.91 Å². The summed E-state index contributed by atoms with van der Waals surface area (Å²) in [7, 11) is 0. The molecule has 1 aromatic heterocycles. The normalized spacial score (nSPS) is 14.0. The van der Waals surface area contributed by atoms with Gasteiger partial charge in [-0.2, -0.15) is 0 Å². The summed E-state index contributed by atoms with van der Waals surface area (Å²) in [6, 6.07) is 22.0. The largest absolute Gasteiger partial charge is 0.368 e. The van der Waals surface area contributed by atoms with E-state index in [1.807, 2.05) is 36.4 Å². The number of carbonyl (C=O) groups is 1. The van der Waals surface area contributed by atoms with E-state index in [0.29, 0.717) is 12.2 Å². The van der Waals surface area contributed by atoms with Crippen LogP contribution in [0.4, 0.5) is 11.5 Å². The Bertz CT molecular complexity index is 951. The summed E-state index contributed by atoms with van der Waals surface area (Å²) in [5.41, 5.74) is 3.93. The number of nitrogens with zero attached hydrogens (tertiary/aromatic N) is 4. The number of anilines is 2. The van der Waals surface area contributed by atoms with E-state index in [9.17, 15) is 4.79 Å². The van der Waals surface area contributed by atoms with Crippen LogP contribution in [0.5, 0.6) is 0 Å². The monoisotopic (exact) mass is 387 g/mol. The molecule has 1 fully saturated rings. The molecule has 0 bridgehead atoms. The van der Waals surface area contributed by atoms with E-state index in [2.05, 4.69) is 56.5 Å². The maximum Gasteiger partial charge on any atom is 0.272 e. The first-order valence-corrected chi connectivity index (χ1v) is 9.91. The molecule has 0 saturated carbocycles. The lowest BCUT2D eigenvalue weighted by Gasteiger charge is -2.36. The number of amides is 1. The molecular formula is C23H25N5O. The van der Waals surface area contributed by atoms with Gasteiger partial charge in [0.15, 0.2) is 11.5 Å². The lowest BCUT2D eigenvalue weighted by molar-refractivity contribution is 0.0945. The molecule has 3 aromatic rings. The molecule has 1 aliphatic heterocycles. The molecule has 148 valence electrons. The van der Waals surface area contributed by atoms with Crippen molar-refractivity contribution >= 4 is 17.4 Å². The van der Waals surface area contributed by atoms with Crippen molar-refractivity contribution in [3.05, 3.63) is 83.6 Å². The first-order chi connectivity index (χ1) is 14.2. The quantitative estimate of drug-likeness (QED) is 0.729. The second-order valence-electron chi connectivity index (χ2n) is 7.26. The van der Waals surface area contributed by atoms with E-state index >= 15 is 0 Å². The van der Waals surface area contributed by atoms with E-state index < -0.39 is 0 Å². The molecule has 1 N–H and O–H groups in total. The smallest absolute Gasteiger partial charge is 0.272 e. The number of carbonyl (C=O) groups excluding carboxylic acids is 1. The van der Waals surface area contributed by atoms with Crippen LogP contribution >= 0.6 is 0 Å². The summed E-state index contributed by atoms with van der Waals surface area (Å²) in [5.74, 6) is 0.602. The van der Waals surface area contributed by atoms with Crippen LogP contribution in [0.25, 0.3) is 0 Å². The number of aryl methyl sites for hydroxylation is 1. The third-order valence-corrected chi connectivity index (χ3v) is 5.15. The van der Waals surface area contributed by atoms with Crippen molar-refractivity contribution in [1.82, 2.24) is 15.5 Å². The molecule has 2 aromatic carbocycles. The molecule has 4 rings (SSSR count). The van der Waals surface area contributed by atoms with Crippen molar-refractivity contribution in [1.29, 1.82) is 0 Å². The average Bonchev–Trinajstić information content (AvgIpc) is 2.78. The topological polar surface area (TPSA) is 61.4 Å². The molecule has 29 heavy (non-hydrogen) atoms. The zero-order chi connectivity index (χ0) is 20.1. The first-order valence-electron chi connectivity index (χ1n) is 9.91. The van der Waals surface area contributed by atoms with Crippen LogP contribution in [0.2, 0.25) is 0 Å². The number of benzene rings is 2. The van der Waals surface area contributed by atoms with Crippen molar-refractivity contribution in [2.75, 3.05) is 36.0 Å². The highest BCUT2D eigenvalue weighted by Gasteiger charge is 2.19. The maximum absolute atomic E-state index is 12.3. The van der Waals surface area contributed by atoms with Gasteiger partial charge in [-0.1, -0.05) is 42.5 Å². The SMILES string of the molecule is Cc1cccc(N2CCN(c3ccc(C(=O)NCc4ccccc4)nn3)CC2)c1. The highest BCUT2D eigenvalue weighted by Crippen LogP contribution is 2.20. The van der Waals surface area contributed by atoms with Gasteiger partial charge in [-0.25, -0.2) is 0 Å². The number of piperazine rings is 1. The summed E-state index contributed by atoms with van der Waals surface area (Å²) in [5, 5.41) is 11.3. The van der Waals surface area contributed by atoms with E-state index in [-0.39, 0.29) is 5.91 Å². The lowest BCUT2D eigenvalue weighted by atomic mass is 10.2. The first kappa shape index (κ1) is 18.9. The molecule has 1 amide bonds. The van der Waals surface area contributed by atoms with Gasteiger partial charge in [-0.3, -0.25) is 4.79 Å². The third-order valence-electron chi connectivity index (χ3n) is 5.15. The number of rotatable bonds is 5. The number of hydrogen-bond donors (Lipinski definition) is 1. The van der Waals surface area contributed by atoms with Gasteiger partial charge in [-0.15, -0.1) is 10.2 Å². The maximum atomic E-state index is 12.3. The Labute approximate surface area is 171 Å². The molecular weight excluding hydrogens is 362 g/mol. The highest BCUT2D eigenvalue weighted by atomic mass is 16.1. The summed E-state index contributed by atoms with van der Waals surface area (Å²) in [6.45, 7) is 6.22. The van der Waals surface area contributed by atoms with E-state index in [1.54, 1.807) is 6.07 Å². The zero-order valence-corrected chi connectivity index (χ0v) is 16.6. The summed E-state index contributed by atoms with van der Waals surface area (Å²) in [4.78, 5) is 16.9. The van der Waals surface area contributed by atoms with Crippen LogP contribution in [-0.4, -0.2) is 42.3 Å². The Balaban J connectivity index is 1.32. The molecule has 6 nitrogen and oxygen atoms in total. The fourth-order valence-electron chi connectivity index (χ4n) is 3.50. The van der Waals surface area contributed by atoms with Crippen molar-refractivity contribution in [2.24, 2.45) is 0 Å². The van der Waals surface area contributed by atoms with Gasteiger partial charge >= 0.3 is 0 Å². The van der Waals surface area contributed by atoms with Crippen LogP contribution in [-0.2, 0) is 6.54 Å². The highest BCUT2D eigenvalue weighted by molar-refractivity contribution is 5.92. The van der Waals surface area contributed by atoms with E-state index in [1.165, 1.54) is 11.3 Å². The second kappa shape index (κ2) is 8.73. The minimum atomic E-state index is -0.211. The third kappa shape index (κ3) is 4.71. The average molecular weight is 387 g/mol. The fourth-order valence-corrected chi connectivity index (χ4v) is 3.50. The number of nitrogens with one attached hydrogen (secondary N) is 1. The Morgan fingerprint density at radius 1 is 0.897 bits per heavy atom. The van der Waals surface area contributed by atoms with Gasteiger partial charge in [-0.05, 0) is 42.3 Å². The summed E-state index contributed by atoms with van der Waals surface area (Å²) >= 11 is 0. The predicted octanol–water partition coefficient (Wildman–Crippen LogP) is 3.04. The van der Waals surface area contributed by atoms with Crippen LogP contribution < -0.4 is 15.1 Å². The van der Waals surface area contributed by atoms with Gasteiger partial charge < -0.3 is 15.1 Å². The van der Waals surface area contributed by atoms with Crippen molar-refractivity contribution < 1.29 is 4.79 Å². The second-order valence-corrected chi connectivity index (χ2v) is 7.26. The molecule has 0 unspecified atom stereocenters. The molecule has 2 heterocycles. The molecule has 0 radical (unpaired) electrons. The predicted molar refractivity (Wildman–Crippen MR) is 115 cm³/mol. The minimum absolute atomic E-state index is 0.211. The molecule has 1 aliphatic rings. The minimum Gasteiger partial charge on any atom is -0.368 e. The Hall–Kier alpha value is -3.41. The standard InChI is InChI=1S/C23H25N5O/c1-18-6-5-9-20(16-18)27-12-14-28(15-13-27)22-11-10-21(25-26-22)23(29)24-17-19-7-3-2-4-8-19/h2-11,16H,12-15,17H2,1H3,(H,24,29). The number of aromatic nitrogens is 2. The van der Waals surface area contributed by atoms with Crippen molar-refractivity contribution in [3.63, 3.8) is 0 Å². The van der Waals surface area contributed by atoms with Crippen molar-refractivity contribution in [2.45, 2.75) is 13.5 Å². The van der Waals surface area contributed by atoms with Crippen LogP contribution in [0.15, 0.2) is 66.7 Å². The Morgan fingerprint density at radius 3 is 2.34 bits per heavy atom. The van der Waals surface area contributed by atoms with Crippen molar-refractivity contribution in [3.8, 4) is 0 Å². The molecule has 0 atom stereocenters. The summed E-state index contributed by atoms with van der Waals surface area (Å²) < 4.78 is 0. The number of hydrogen-bond acceptors (Lipinski definition) is 5. The molecule has 0 spiro atoms. The van der Waals surface area contributed by atoms with Gasteiger partial charge in [0.2, 0.25) is 0 Å². The fraction of sp³-hybridized carbons (Fsp3) is 0.261. The van der Waals surface area contributed by atoms with E-state index in [4.69, 9.17) is 0 Å².